The molecule has 0 spiro atoms. The first-order chi connectivity index (χ1) is 24.1. The predicted molar refractivity (Wildman–Crippen MR) is 190 cm³/mol. The van der Waals surface area contributed by atoms with Crippen LogP contribution >= 0.6 is 0 Å². The fourth-order valence-electron chi connectivity index (χ4n) is 5.60. The number of guanidine groups is 1. The first-order valence-electron chi connectivity index (χ1n) is 17.8. The molecule has 1 heterocycles. The van der Waals surface area contributed by atoms with Gasteiger partial charge in [-0.3, -0.25) is 38.6 Å². The molecule has 7 amide bonds. The Morgan fingerprint density at radius 3 is 2.08 bits per heavy atom. The van der Waals surface area contributed by atoms with E-state index in [0.717, 1.165) is 0 Å². The van der Waals surface area contributed by atoms with Crippen LogP contribution in [-0.4, -0.2) is 120 Å². The molecule has 1 aliphatic rings. The zero-order chi connectivity index (χ0) is 38.7. The number of hydrogen-bond donors (Lipinski definition) is 9. The summed E-state index contributed by atoms with van der Waals surface area (Å²) in [4.78, 5) is 96.3. The molecule has 18 heteroatoms. The zero-order valence-electron chi connectivity index (χ0n) is 30.9. The molecule has 0 saturated carbocycles. The lowest BCUT2D eigenvalue weighted by molar-refractivity contribution is -0.142. The van der Waals surface area contributed by atoms with Gasteiger partial charge in [-0.1, -0.05) is 33.6 Å². The maximum Gasteiger partial charge on any atom is 0.245 e. The van der Waals surface area contributed by atoms with Crippen molar-refractivity contribution in [3.8, 4) is 0 Å². The topological polar surface area (TPSA) is 280 Å². The van der Waals surface area contributed by atoms with Gasteiger partial charge in [-0.25, -0.2) is 0 Å². The quantitative estimate of drug-likeness (QED) is 0.0332. The van der Waals surface area contributed by atoms with Crippen molar-refractivity contribution in [1.29, 1.82) is 0 Å². The minimum absolute atomic E-state index is 0.0325. The third kappa shape index (κ3) is 15.5. The molecule has 1 aliphatic heterocycles. The molecule has 11 N–H and O–H groups in total. The van der Waals surface area contributed by atoms with E-state index in [1.54, 1.807) is 20.8 Å². The number of aliphatic hydroxyl groups excluding tert-OH is 1. The van der Waals surface area contributed by atoms with Crippen LogP contribution in [0.15, 0.2) is 4.99 Å². The molecule has 0 aliphatic carbocycles. The highest BCUT2D eigenvalue weighted by atomic mass is 16.3. The zero-order valence-corrected chi connectivity index (χ0v) is 30.9. The van der Waals surface area contributed by atoms with Crippen molar-refractivity contribution in [1.82, 2.24) is 36.8 Å². The predicted octanol–water partition coefficient (Wildman–Crippen LogP) is -2.14. The van der Waals surface area contributed by atoms with Crippen LogP contribution in [0.3, 0.4) is 0 Å². The lowest BCUT2D eigenvalue weighted by Crippen LogP contribution is -2.61. The number of aliphatic imine (C=N–C) groups is 1. The highest BCUT2D eigenvalue weighted by molar-refractivity contribution is 5.96. The Bertz CT molecular complexity index is 1230. The van der Waals surface area contributed by atoms with Crippen LogP contribution < -0.4 is 43.4 Å². The highest BCUT2D eigenvalue weighted by Gasteiger charge is 2.39. The van der Waals surface area contributed by atoms with Gasteiger partial charge in [0, 0.05) is 39.5 Å². The van der Waals surface area contributed by atoms with E-state index in [1.165, 1.54) is 18.7 Å². The van der Waals surface area contributed by atoms with Crippen molar-refractivity contribution in [2.24, 2.45) is 22.4 Å². The van der Waals surface area contributed by atoms with Gasteiger partial charge in [0.15, 0.2) is 5.96 Å². The highest BCUT2D eigenvalue weighted by Crippen LogP contribution is 2.20. The van der Waals surface area contributed by atoms with E-state index in [2.05, 4.69) is 36.9 Å². The normalized spacial score (nSPS) is 17.4. The number of likely N-dealkylation sites (N-methyl/N-ethyl adjacent to an activating group) is 1. The summed E-state index contributed by atoms with van der Waals surface area (Å²) in [5.41, 5.74) is 10.9. The van der Waals surface area contributed by atoms with Gasteiger partial charge < -0.3 is 53.4 Å². The second kappa shape index (κ2) is 23.1. The number of nitrogens with two attached hydrogens (primary N) is 2. The van der Waals surface area contributed by atoms with Crippen molar-refractivity contribution < 1.29 is 38.7 Å². The van der Waals surface area contributed by atoms with Crippen molar-refractivity contribution in [3.63, 3.8) is 0 Å². The second-order valence-electron chi connectivity index (χ2n) is 12.8. The van der Waals surface area contributed by atoms with E-state index >= 15 is 0 Å². The molecule has 0 aromatic heterocycles. The van der Waals surface area contributed by atoms with E-state index in [9.17, 15) is 38.7 Å². The second-order valence-corrected chi connectivity index (χ2v) is 12.8. The molecular formula is C33H60N10O8. The van der Waals surface area contributed by atoms with Gasteiger partial charge in [0.05, 0.1) is 6.10 Å². The first kappa shape index (κ1) is 44.5. The van der Waals surface area contributed by atoms with Gasteiger partial charge in [0.2, 0.25) is 41.4 Å². The summed E-state index contributed by atoms with van der Waals surface area (Å²) >= 11 is 0. The molecule has 7 atom stereocenters. The van der Waals surface area contributed by atoms with E-state index in [-0.39, 0.29) is 50.1 Å². The standard InChI is InChI=1S/C33H60N10O8/c1-7-12-22(39-31(50)27(20(5)44)41-25(46)15-17-37-21(6)45)28(47)42-26(19(4)8-2)30(49)40-23(13-10-16-38-33(34)35)32(51)43-18-11-14-24(43)29(48)36-9-3/h19-20,22-24,26-27,44H,7-18H2,1-6H3,(H,36,48)(H,37,45)(H,39,50)(H,40,49)(H,41,46)(H,42,47)(H4,34,35,38)/t19-,20+,22-,23-,24-,26-,27-/m0/s1. The monoisotopic (exact) mass is 724 g/mol. The van der Waals surface area contributed by atoms with Gasteiger partial charge in [-0.15, -0.1) is 0 Å². The number of likely N-dealkylation sites (tertiary alicyclic amines) is 1. The van der Waals surface area contributed by atoms with Crippen LogP contribution in [0, 0.1) is 5.92 Å². The molecule has 51 heavy (non-hydrogen) atoms. The van der Waals surface area contributed by atoms with E-state index in [4.69, 9.17) is 11.5 Å². The number of carbonyl (C=O) groups is 7. The average Bonchev–Trinajstić information content (AvgIpc) is 3.56. The molecule has 1 fully saturated rings. The summed E-state index contributed by atoms with van der Waals surface area (Å²) in [6, 6.07) is -5.34. The SMILES string of the molecule is CCC[C@H](NC(=O)[C@@H](NC(=O)CCNC(C)=O)[C@@H](C)O)C(=O)N[C@H](C(=O)N[C@@H](CCCN=C(N)N)C(=O)N1CCC[C@H]1C(=O)NCC)[C@@H](C)CC. The van der Waals surface area contributed by atoms with E-state index in [1.807, 2.05) is 6.92 Å². The summed E-state index contributed by atoms with van der Waals surface area (Å²) in [7, 11) is 0. The van der Waals surface area contributed by atoms with Crippen LogP contribution in [0.4, 0.5) is 0 Å². The number of aliphatic hydroxyl groups is 1. The Labute approximate surface area is 300 Å². The smallest absolute Gasteiger partial charge is 0.245 e. The number of amides is 7. The maximum atomic E-state index is 13.9. The molecule has 0 bridgehead atoms. The van der Waals surface area contributed by atoms with Gasteiger partial charge in [0.1, 0.15) is 30.2 Å². The summed E-state index contributed by atoms with van der Waals surface area (Å²) in [5.74, 6) is -4.24. The Morgan fingerprint density at radius 2 is 1.51 bits per heavy atom. The third-order valence-corrected chi connectivity index (χ3v) is 8.56. The number of nitrogens with one attached hydrogen (secondary N) is 6. The number of rotatable bonds is 22. The summed E-state index contributed by atoms with van der Waals surface area (Å²) in [6.07, 6.45) is 1.28. The van der Waals surface area contributed by atoms with Crippen molar-refractivity contribution in [2.75, 3.05) is 26.2 Å². The lowest BCUT2D eigenvalue weighted by atomic mass is 9.96. The molecule has 1 rings (SSSR count). The van der Waals surface area contributed by atoms with Crippen molar-refractivity contribution >= 4 is 47.3 Å². The minimum atomic E-state index is -1.39. The number of carbonyl (C=O) groups excluding carboxylic acids is 7. The first-order valence-corrected chi connectivity index (χ1v) is 17.8. The summed E-state index contributed by atoms with van der Waals surface area (Å²) < 4.78 is 0. The van der Waals surface area contributed by atoms with Gasteiger partial charge in [-0.2, -0.15) is 0 Å². The van der Waals surface area contributed by atoms with Crippen LogP contribution in [0.5, 0.6) is 0 Å². The molecule has 0 unspecified atom stereocenters. The number of hydrogen-bond acceptors (Lipinski definition) is 9. The maximum absolute atomic E-state index is 13.9. The van der Waals surface area contributed by atoms with Crippen LogP contribution in [0.1, 0.15) is 92.9 Å². The Hall–Kier alpha value is -4.48. The lowest BCUT2D eigenvalue weighted by Gasteiger charge is -2.31. The molecular weight excluding hydrogens is 664 g/mol. The van der Waals surface area contributed by atoms with Gasteiger partial charge >= 0.3 is 0 Å². The Morgan fingerprint density at radius 1 is 0.863 bits per heavy atom. The third-order valence-electron chi connectivity index (χ3n) is 8.56. The molecule has 0 radical (unpaired) electrons. The number of nitrogens with zero attached hydrogens (tertiary/aromatic N) is 2. The van der Waals surface area contributed by atoms with Gasteiger partial charge in [-0.05, 0) is 51.9 Å². The van der Waals surface area contributed by atoms with Crippen LogP contribution in [0.2, 0.25) is 0 Å². The summed E-state index contributed by atoms with van der Waals surface area (Å²) in [5, 5.41) is 26.1. The van der Waals surface area contributed by atoms with Crippen LogP contribution in [0.25, 0.3) is 0 Å². The van der Waals surface area contributed by atoms with Gasteiger partial charge in [0.25, 0.3) is 0 Å². The molecule has 0 aromatic carbocycles. The molecule has 18 nitrogen and oxygen atoms in total. The van der Waals surface area contributed by atoms with E-state index < -0.39 is 71.8 Å². The average molecular weight is 725 g/mol. The van der Waals surface area contributed by atoms with E-state index in [0.29, 0.717) is 45.2 Å². The largest absolute Gasteiger partial charge is 0.391 e. The van der Waals surface area contributed by atoms with Crippen LogP contribution in [-0.2, 0) is 33.6 Å². The fraction of sp³-hybridized carbons (Fsp3) is 0.758. The Balaban J connectivity index is 3.20. The molecule has 1 saturated heterocycles. The molecule has 290 valence electrons. The fourth-order valence-corrected chi connectivity index (χ4v) is 5.60. The van der Waals surface area contributed by atoms with Crippen molar-refractivity contribution in [2.45, 2.75) is 129 Å². The summed E-state index contributed by atoms with van der Waals surface area (Å²) in [6.45, 7) is 10.8. The minimum Gasteiger partial charge on any atom is -0.391 e. The molecule has 0 aromatic rings. The Kier molecular flexibility index (Phi) is 20.2. The van der Waals surface area contributed by atoms with Crippen molar-refractivity contribution in [3.05, 3.63) is 0 Å².